The van der Waals surface area contributed by atoms with Crippen molar-refractivity contribution in [3.05, 3.63) is 29.0 Å². The minimum absolute atomic E-state index is 0.0722. The normalized spacial score (nSPS) is 16.8. The van der Waals surface area contributed by atoms with E-state index in [1.54, 1.807) is 13.0 Å². The van der Waals surface area contributed by atoms with Crippen LogP contribution < -0.4 is 5.32 Å². The molecule has 2 aromatic rings. The van der Waals surface area contributed by atoms with E-state index in [1.807, 2.05) is 9.47 Å². The average Bonchev–Trinajstić information content (AvgIpc) is 3.33. The summed E-state index contributed by atoms with van der Waals surface area (Å²) in [5, 5.41) is 6.49. The minimum Gasteiger partial charge on any atom is -0.360 e. The number of amides is 2. The molecule has 4 heterocycles. The molecule has 0 saturated carbocycles. The number of hydrogen-bond donors (Lipinski definition) is 1. The van der Waals surface area contributed by atoms with Gasteiger partial charge in [0.2, 0.25) is 0 Å². The van der Waals surface area contributed by atoms with Crippen LogP contribution in [0.4, 0.5) is 5.82 Å². The van der Waals surface area contributed by atoms with E-state index in [4.69, 9.17) is 4.52 Å². The quantitative estimate of drug-likeness (QED) is 0.920. The smallest absolute Gasteiger partial charge is 0.289 e. The van der Waals surface area contributed by atoms with Gasteiger partial charge in [-0.3, -0.25) is 9.59 Å². The molecule has 2 amide bonds. The van der Waals surface area contributed by atoms with Crippen molar-refractivity contribution in [1.29, 1.82) is 0 Å². The summed E-state index contributed by atoms with van der Waals surface area (Å²) < 4.78 is 6.90. The monoisotopic (exact) mass is 343 g/mol. The molecule has 25 heavy (non-hydrogen) atoms. The Bertz CT molecular complexity index is 816. The summed E-state index contributed by atoms with van der Waals surface area (Å²) in [6.45, 7) is 4.02. The third-order valence-electron chi connectivity index (χ3n) is 4.79. The Kier molecular flexibility index (Phi) is 4.03. The first-order valence-electron chi connectivity index (χ1n) is 8.77. The SMILES string of the molecule is Cc1cc(NC(=O)c2nc(C(=O)N3CCCC3)n3c2CCCC3)no1. The molecule has 0 radical (unpaired) electrons. The summed E-state index contributed by atoms with van der Waals surface area (Å²) in [7, 11) is 0. The Balaban J connectivity index is 1.65. The lowest BCUT2D eigenvalue weighted by atomic mass is 10.1. The summed E-state index contributed by atoms with van der Waals surface area (Å²) >= 11 is 0. The lowest BCUT2D eigenvalue weighted by Crippen LogP contribution is -2.31. The highest BCUT2D eigenvalue weighted by Crippen LogP contribution is 2.24. The predicted octanol–water partition coefficient (Wildman–Crippen LogP) is 2.00. The standard InChI is InChI=1S/C17H21N5O3/c1-11-10-13(20-25-11)18-16(23)14-12-6-2-3-9-22(12)15(19-14)17(24)21-7-4-5-8-21/h10H,2-9H2,1H3,(H,18,20,23). The highest BCUT2D eigenvalue weighted by Gasteiger charge is 2.30. The molecule has 0 bridgehead atoms. The summed E-state index contributed by atoms with van der Waals surface area (Å²) in [5.74, 6) is 0.939. The van der Waals surface area contributed by atoms with E-state index in [0.717, 1.165) is 57.4 Å². The second-order valence-electron chi connectivity index (χ2n) is 6.62. The van der Waals surface area contributed by atoms with Crippen LogP contribution in [-0.2, 0) is 13.0 Å². The van der Waals surface area contributed by atoms with Gasteiger partial charge in [0.05, 0.1) is 5.69 Å². The zero-order valence-electron chi connectivity index (χ0n) is 14.2. The summed E-state index contributed by atoms with van der Waals surface area (Å²) in [4.78, 5) is 31.7. The predicted molar refractivity (Wildman–Crippen MR) is 89.5 cm³/mol. The van der Waals surface area contributed by atoms with Gasteiger partial charge in [0.25, 0.3) is 11.8 Å². The van der Waals surface area contributed by atoms with E-state index in [-0.39, 0.29) is 11.8 Å². The highest BCUT2D eigenvalue weighted by molar-refractivity contribution is 6.04. The molecule has 0 aromatic carbocycles. The van der Waals surface area contributed by atoms with Crippen LogP contribution in [0.2, 0.25) is 0 Å². The van der Waals surface area contributed by atoms with Gasteiger partial charge in [-0.2, -0.15) is 0 Å². The molecule has 0 unspecified atom stereocenters. The van der Waals surface area contributed by atoms with E-state index in [2.05, 4.69) is 15.5 Å². The van der Waals surface area contributed by atoms with Gasteiger partial charge in [-0.25, -0.2) is 4.98 Å². The van der Waals surface area contributed by atoms with Gasteiger partial charge in [-0.05, 0) is 39.0 Å². The molecule has 4 rings (SSSR count). The molecule has 132 valence electrons. The van der Waals surface area contributed by atoms with Crippen molar-refractivity contribution in [2.75, 3.05) is 18.4 Å². The minimum atomic E-state index is -0.348. The first-order chi connectivity index (χ1) is 12.1. The molecule has 2 aliphatic rings. The Morgan fingerprint density at radius 1 is 1.16 bits per heavy atom. The number of carbonyl (C=O) groups excluding carboxylic acids is 2. The summed E-state index contributed by atoms with van der Waals surface area (Å²) in [6.07, 6.45) is 4.79. The number of nitrogens with one attached hydrogen (secondary N) is 1. The van der Waals surface area contributed by atoms with Crippen LogP contribution in [0.25, 0.3) is 0 Å². The van der Waals surface area contributed by atoms with Crippen molar-refractivity contribution in [2.24, 2.45) is 0 Å². The van der Waals surface area contributed by atoms with Crippen molar-refractivity contribution < 1.29 is 14.1 Å². The van der Waals surface area contributed by atoms with E-state index in [0.29, 0.717) is 23.1 Å². The van der Waals surface area contributed by atoms with E-state index >= 15 is 0 Å². The van der Waals surface area contributed by atoms with Crippen LogP contribution >= 0.6 is 0 Å². The molecule has 2 aliphatic heterocycles. The zero-order chi connectivity index (χ0) is 17.4. The third-order valence-corrected chi connectivity index (χ3v) is 4.79. The number of nitrogens with zero attached hydrogens (tertiary/aromatic N) is 4. The van der Waals surface area contributed by atoms with Crippen LogP contribution in [0, 0.1) is 6.92 Å². The second-order valence-corrected chi connectivity index (χ2v) is 6.62. The molecule has 8 nitrogen and oxygen atoms in total. The fraction of sp³-hybridized carbons (Fsp3) is 0.529. The maximum absolute atomic E-state index is 12.8. The van der Waals surface area contributed by atoms with E-state index in [1.165, 1.54) is 0 Å². The number of hydrogen-bond acceptors (Lipinski definition) is 5. The molecule has 1 saturated heterocycles. The number of aromatic nitrogens is 3. The Labute approximate surface area is 145 Å². The molecule has 0 aliphatic carbocycles. The van der Waals surface area contributed by atoms with Crippen molar-refractivity contribution in [1.82, 2.24) is 19.6 Å². The van der Waals surface area contributed by atoms with Gasteiger partial charge in [0, 0.05) is 25.7 Å². The molecular weight excluding hydrogens is 322 g/mol. The van der Waals surface area contributed by atoms with Gasteiger partial charge in [0.15, 0.2) is 17.3 Å². The van der Waals surface area contributed by atoms with Crippen LogP contribution in [0.3, 0.4) is 0 Å². The topological polar surface area (TPSA) is 93.3 Å². The van der Waals surface area contributed by atoms with Gasteiger partial charge in [-0.15, -0.1) is 0 Å². The number of imidazole rings is 1. The van der Waals surface area contributed by atoms with Crippen molar-refractivity contribution in [3.8, 4) is 0 Å². The van der Waals surface area contributed by atoms with Crippen LogP contribution in [-0.4, -0.2) is 44.5 Å². The van der Waals surface area contributed by atoms with Crippen molar-refractivity contribution in [2.45, 2.75) is 45.6 Å². The fourth-order valence-electron chi connectivity index (χ4n) is 3.55. The first kappa shape index (κ1) is 15.9. The van der Waals surface area contributed by atoms with Crippen LogP contribution in [0.5, 0.6) is 0 Å². The van der Waals surface area contributed by atoms with Crippen molar-refractivity contribution in [3.63, 3.8) is 0 Å². The third kappa shape index (κ3) is 2.92. The van der Waals surface area contributed by atoms with Crippen LogP contribution in [0.15, 0.2) is 10.6 Å². The van der Waals surface area contributed by atoms with E-state index in [9.17, 15) is 9.59 Å². The number of rotatable bonds is 3. The lowest BCUT2D eigenvalue weighted by Gasteiger charge is -2.19. The molecular formula is C17H21N5O3. The fourth-order valence-corrected chi connectivity index (χ4v) is 3.55. The Morgan fingerprint density at radius 2 is 1.92 bits per heavy atom. The molecule has 1 fully saturated rings. The van der Waals surface area contributed by atoms with E-state index < -0.39 is 0 Å². The molecule has 1 N–H and O–H groups in total. The summed E-state index contributed by atoms with van der Waals surface area (Å²) in [5.41, 5.74) is 1.16. The average molecular weight is 343 g/mol. The Morgan fingerprint density at radius 3 is 2.64 bits per heavy atom. The number of fused-ring (bicyclic) bond motifs is 1. The van der Waals surface area contributed by atoms with Gasteiger partial charge in [-0.1, -0.05) is 5.16 Å². The molecule has 8 heteroatoms. The van der Waals surface area contributed by atoms with Crippen molar-refractivity contribution >= 4 is 17.6 Å². The molecule has 2 aromatic heterocycles. The lowest BCUT2D eigenvalue weighted by molar-refractivity contribution is 0.0774. The number of anilines is 1. The van der Waals surface area contributed by atoms with Gasteiger partial charge < -0.3 is 19.3 Å². The Hall–Kier alpha value is -2.64. The number of likely N-dealkylation sites (tertiary alicyclic amines) is 1. The zero-order valence-corrected chi connectivity index (χ0v) is 14.2. The number of aryl methyl sites for hydroxylation is 1. The number of carbonyl (C=O) groups is 2. The van der Waals surface area contributed by atoms with Gasteiger partial charge >= 0.3 is 0 Å². The maximum Gasteiger partial charge on any atom is 0.289 e. The highest BCUT2D eigenvalue weighted by atomic mass is 16.5. The summed E-state index contributed by atoms with van der Waals surface area (Å²) in [6, 6.07) is 1.65. The first-order valence-corrected chi connectivity index (χ1v) is 8.77. The van der Waals surface area contributed by atoms with Gasteiger partial charge in [0.1, 0.15) is 5.76 Å². The maximum atomic E-state index is 12.8. The second kappa shape index (κ2) is 6.34. The molecule has 0 spiro atoms. The van der Waals surface area contributed by atoms with Crippen LogP contribution in [0.1, 0.15) is 58.2 Å². The largest absolute Gasteiger partial charge is 0.360 e. The molecule has 0 atom stereocenters.